The highest BCUT2D eigenvalue weighted by atomic mass is 32.2. The van der Waals surface area contributed by atoms with Crippen LogP contribution < -0.4 is 10.6 Å². The molecule has 4 rings (SSSR count). The molecule has 32 heavy (non-hydrogen) atoms. The minimum Gasteiger partial charge on any atom is -0.342 e. The van der Waals surface area contributed by atoms with Gasteiger partial charge in [-0.3, -0.25) is 9.59 Å². The molecular formula is C21H22N6O2S3. The third-order valence-corrected chi connectivity index (χ3v) is 8.31. The summed E-state index contributed by atoms with van der Waals surface area (Å²) in [5, 5.41) is 26.8. The van der Waals surface area contributed by atoms with Crippen molar-refractivity contribution in [2.24, 2.45) is 7.05 Å². The summed E-state index contributed by atoms with van der Waals surface area (Å²) in [6.45, 7) is 1.85. The lowest BCUT2D eigenvalue weighted by Gasteiger charge is -2.12. The van der Waals surface area contributed by atoms with Gasteiger partial charge in [-0.05, 0) is 49.6 Å². The van der Waals surface area contributed by atoms with Crippen LogP contribution in [0.25, 0.3) is 0 Å². The van der Waals surface area contributed by atoms with Gasteiger partial charge in [0.1, 0.15) is 11.1 Å². The SMILES string of the molecule is C[C@@H](NC(=O)c1cccs1)c1nnc(SCC(=O)Nc2sc3c(c2C#N)CCCC3)n1C. The number of aryl methyl sites for hydroxylation is 1. The highest BCUT2D eigenvalue weighted by molar-refractivity contribution is 7.99. The molecule has 0 saturated carbocycles. The Bertz CT molecular complexity index is 1180. The Morgan fingerprint density at radius 2 is 2.16 bits per heavy atom. The summed E-state index contributed by atoms with van der Waals surface area (Å²) in [4.78, 5) is 26.7. The lowest BCUT2D eigenvalue weighted by Crippen LogP contribution is -2.27. The van der Waals surface area contributed by atoms with Crippen LogP contribution in [-0.2, 0) is 24.7 Å². The number of fused-ring (bicyclic) bond motifs is 1. The van der Waals surface area contributed by atoms with Crippen LogP contribution in [0.5, 0.6) is 0 Å². The number of nitrogens with one attached hydrogen (secondary N) is 2. The number of nitriles is 1. The molecule has 0 aromatic carbocycles. The second-order valence-corrected chi connectivity index (χ2v) is 10.4. The summed E-state index contributed by atoms with van der Waals surface area (Å²) >= 11 is 4.16. The highest BCUT2D eigenvalue weighted by Crippen LogP contribution is 2.37. The van der Waals surface area contributed by atoms with Gasteiger partial charge in [-0.1, -0.05) is 17.8 Å². The smallest absolute Gasteiger partial charge is 0.261 e. The maximum absolute atomic E-state index is 12.5. The zero-order valence-electron chi connectivity index (χ0n) is 17.7. The van der Waals surface area contributed by atoms with Gasteiger partial charge in [-0.15, -0.1) is 32.9 Å². The molecule has 166 valence electrons. The maximum atomic E-state index is 12.5. The van der Waals surface area contributed by atoms with Crippen LogP contribution in [0.1, 0.15) is 57.3 Å². The number of carbonyl (C=O) groups excluding carboxylic acids is 2. The molecule has 2 N–H and O–H groups in total. The predicted octanol–water partition coefficient (Wildman–Crippen LogP) is 3.91. The van der Waals surface area contributed by atoms with Gasteiger partial charge in [0.2, 0.25) is 5.91 Å². The van der Waals surface area contributed by atoms with Crippen LogP contribution in [0.4, 0.5) is 5.00 Å². The van der Waals surface area contributed by atoms with Crippen molar-refractivity contribution in [3.05, 3.63) is 44.2 Å². The first kappa shape index (κ1) is 22.5. The number of carbonyl (C=O) groups is 2. The summed E-state index contributed by atoms with van der Waals surface area (Å²) in [7, 11) is 1.81. The van der Waals surface area contributed by atoms with Crippen molar-refractivity contribution in [2.75, 3.05) is 11.1 Å². The zero-order chi connectivity index (χ0) is 22.7. The number of aromatic nitrogens is 3. The highest BCUT2D eigenvalue weighted by Gasteiger charge is 2.23. The lowest BCUT2D eigenvalue weighted by molar-refractivity contribution is -0.113. The molecule has 0 bridgehead atoms. The summed E-state index contributed by atoms with van der Waals surface area (Å²) in [6, 6.07) is 5.53. The average molecular weight is 487 g/mol. The molecule has 0 fully saturated rings. The molecule has 1 aliphatic rings. The van der Waals surface area contributed by atoms with E-state index in [4.69, 9.17) is 0 Å². The monoisotopic (exact) mass is 486 g/mol. The Kier molecular flexibility index (Phi) is 6.93. The Morgan fingerprint density at radius 1 is 1.34 bits per heavy atom. The molecule has 0 aliphatic heterocycles. The van der Waals surface area contributed by atoms with E-state index in [1.54, 1.807) is 10.6 Å². The Morgan fingerprint density at radius 3 is 2.91 bits per heavy atom. The van der Waals surface area contributed by atoms with Gasteiger partial charge in [0, 0.05) is 11.9 Å². The zero-order valence-corrected chi connectivity index (χ0v) is 20.1. The van der Waals surface area contributed by atoms with Crippen LogP contribution in [0, 0.1) is 11.3 Å². The molecule has 0 radical (unpaired) electrons. The molecular weight excluding hydrogens is 464 g/mol. The molecule has 3 aromatic rings. The Labute approximate surface area is 198 Å². The number of thioether (sulfide) groups is 1. The molecule has 8 nitrogen and oxygen atoms in total. The topological polar surface area (TPSA) is 113 Å². The van der Waals surface area contributed by atoms with Crippen LogP contribution in [0.2, 0.25) is 0 Å². The molecule has 1 atom stereocenters. The first-order valence-corrected chi connectivity index (χ1v) is 12.9. The van der Waals surface area contributed by atoms with Crippen LogP contribution in [0.3, 0.4) is 0 Å². The number of hydrogen-bond donors (Lipinski definition) is 2. The molecule has 3 aromatic heterocycles. The average Bonchev–Trinajstić information content (AvgIpc) is 3.51. The summed E-state index contributed by atoms with van der Waals surface area (Å²) in [6.07, 6.45) is 4.09. The fraction of sp³-hybridized carbons (Fsp3) is 0.381. The summed E-state index contributed by atoms with van der Waals surface area (Å²) in [5.41, 5.74) is 1.71. The maximum Gasteiger partial charge on any atom is 0.261 e. The number of rotatable bonds is 7. The number of nitrogens with zero attached hydrogens (tertiary/aromatic N) is 4. The van der Waals surface area contributed by atoms with Crippen molar-refractivity contribution < 1.29 is 9.59 Å². The van der Waals surface area contributed by atoms with Crippen molar-refractivity contribution in [3.63, 3.8) is 0 Å². The van der Waals surface area contributed by atoms with Gasteiger partial charge in [0.25, 0.3) is 5.91 Å². The molecule has 0 spiro atoms. The Balaban J connectivity index is 1.36. The first-order valence-electron chi connectivity index (χ1n) is 10.2. The van der Waals surface area contributed by atoms with E-state index in [1.165, 1.54) is 39.3 Å². The Hall–Kier alpha value is -2.68. The van der Waals surface area contributed by atoms with Crippen molar-refractivity contribution in [1.82, 2.24) is 20.1 Å². The molecule has 2 amide bonds. The predicted molar refractivity (Wildman–Crippen MR) is 126 cm³/mol. The number of anilines is 1. The molecule has 1 aliphatic carbocycles. The molecule has 0 unspecified atom stereocenters. The number of amides is 2. The van der Waals surface area contributed by atoms with Gasteiger partial charge in [0.15, 0.2) is 11.0 Å². The van der Waals surface area contributed by atoms with E-state index < -0.39 is 0 Å². The van der Waals surface area contributed by atoms with Crippen LogP contribution in [0.15, 0.2) is 22.7 Å². The van der Waals surface area contributed by atoms with E-state index in [-0.39, 0.29) is 23.6 Å². The molecule has 0 saturated heterocycles. The summed E-state index contributed by atoms with van der Waals surface area (Å²) < 4.78 is 1.78. The first-order chi connectivity index (χ1) is 15.5. The van der Waals surface area contributed by atoms with E-state index in [1.807, 2.05) is 25.4 Å². The lowest BCUT2D eigenvalue weighted by atomic mass is 9.96. The van der Waals surface area contributed by atoms with Gasteiger partial charge in [0.05, 0.1) is 22.2 Å². The standard InChI is InChI=1S/C21H22N6O2S3/c1-12(23-19(29)16-8-5-9-30-16)18-25-26-21(27(18)2)31-11-17(28)24-20-14(10-22)13-6-3-4-7-15(13)32-20/h5,8-9,12H,3-4,6-7,11H2,1-2H3,(H,23,29)(H,24,28)/t12-/m1/s1. The quantitative estimate of drug-likeness (QED) is 0.490. The second kappa shape index (κ2) is 9.85. The second-order valence-electron chi connectivity index (χ2n) is 7.44. The largest absolute Gasteiger partial charge is 0.342 e. The van der Waals surface area contributed by atoms with Crippen molar-refractivity contribution >= 4 is 51.3 Å². The third-order valence-electron chi connectivity index (χ3n) is 5.22. The van der Waals surface area contributed by atoms with Gasteiger partial charge in [-0.2, -0.15) is 5.26 Å². The number of thiophene rings is 2. The minimum absolute atomic E-state index is 0.148. The van der Waals surface area contributed by atoms with Gasteiger partial charge < -0.3 is 15.2 Å². The third kappa shape index (κ3) is 4.72. The van der Waals surface area contributed by atoms with E-state index in [0.717, 1.165) is 31.2 Å². The normalized spacial score (nSPS) is 13.8. The fourth-order valence-corrected chi connectivity index (χ4v) is 6.23. The summed E-state index contributed by atoms with van der Waals surface area (Å²) in [5.74, 6) is 0.412. The van der Waals surface area contributed by atoms with E-state index in [2.05, 4.69) is 26.9 Å². The van der Waals surface area contributed by atoms with Crippen molar-refractivity contribution in [3.8, 4) is 6.07 Å². The molecule has 3 heterocycles. The number of hydrogen-bond acceptors (Lipinski definition) is 8. The van der Waals surface area contributed by atoms with Gasteiger partial charge in [-0.25, -0.2) is 0 Å². The van der Waals surface area contributed by atoms with E-state index in [0.29, 0.717) is 26.4 Å². The molecule has 11 heteroatoms. The van der Waals surface area contributed by atoms with Crippen molar-refractivity contribution in [2.45, 2.75) is 43.8 Å². The van der Waals surface area contributed by atoms with E-state index in [9.17, 15) is 14.9 Å². The van der Waals surface area contributed by atoms with Crippen molar-refractivity contribution in [1.29, 1.82) is 5.26 Å². The van der Waals surface area contributed by atoms with Crippen LogP contribution in [-0.4, -0.2) is 32.3 Å². The van der Waals surface area contributed by atoms with E-state index >= 15 is 0 Å². The van der Waals surface area contributed by atoms with Gasteiger partial charge >= 0.3 is 0 Å². The minimum atomic E-state index is -0.332. The fourth-order valence-electron chi connectivity index (χ4n) is 3.63. The van der Waals surface area contributed by atoms with Crippen LogP contribution >= 0.6 is 34.4 Å².